The van der Waals surface area contributed by atoms with Crippen molar-refractivity contribution in [3.63, 3.8) is 0 Å². The number of fused-ring (bicyclic) bond motifs is 1. The van der Waals surface area contributed by atoms with E-state index in [1.807, 2.05) is 18.2 Å². The van der Waals surface area contributed by atoms with Crippen molar-refractivity contribution in [1.29, 1.82) is 0 Å². The average molecular weight is 362 g/mol. The van der Waals surface area contributed by atoms with E-state index in [4.69, 9.17) is 0 Å². The van der Waals surface area contributed by atoms with Gasteiger partial charge in [0, 0.05) is 11.8 Å². The minimum absolute atomic E-state index is 0.196. The van der Waals surface area contributed by atoms with Gasteiger partial charge < -0.3 is 15.3 Å². The molecule has 0 spiro atoms. The Kier molecular flexibility index (Phi) is 4.29. The monoisotopic (exact) mass is 362 g/mol. The number of rotatable bonds is 5. The highest BCUT2D eigenvalue weighted by Gasteiger charge is 2.12. The molecular formula is C19H18N6O2. The Bertz CT molecular complexity index is 1170. The zero-order valence-corrected chi connectivity index (χ0v) is 14.7. The largest absolute Gasteiger partial charge is 0.323 e. The van der Waals surface area contributed by atoms with Gasteiger partial charge in [0.1, 0.15) is 5.69 Å². The zero-order valence-electron chi connectivity index (χ0n) is 14.7. The van der Waals surface area contributed by atoms with E-state index in [0.717, 1.165) is 18.5 Å². The smallest absolute Gasteiger partial charge is 0.306 e. The lowest BCUT2D eigenvalue weighted by atomic mass is 10.0. The summed E-state index contributed by atoms with van der Waals surface area (Å²) in [5.41, 5.74) is 4.42. The first-order valence-electron chi connectivity index (χ1n) is 8.57. The summed E-state index contributed by atoms with van der Waals surface area (Å²) in [5.74, 6) is 0.0418. The molecule has 0 aliphatic heterocycles. The van der Waals surface area contributed by atoms with Crippen molar-refractivity contribution >= 4 is 22.8 Å². The number of aromatic amines is 3. The first-order chi connectivity index (χ1) is 13.1. The summed E-state index contributed by atoms with van der Waals surface area (Å²) in [5, 5.41) is 9.80. The SMILES string of the molecule is Cc1ccccc1CCc1cc(NC(=O)c2cc3[nH]c(=O)[nH]c3cn2)n[nH]1. The molecule has 0 aliphatic rings. The molecule has 0 fully saturated rings. The van der Waals surface area contributed by atoms with Crippen molar-refractivity contribution in [2.24, 2.45) is 0 Å². The number of pyridine rings is 1. The third kappa shape index (κ3) is 3.64. The predicted molar refractivity (Wildman–Crippen MR) is 102 cm³/mol. The molecule has 0 saturated carbocycles. The second-order valence-corrected chi connectivity index (χ2v) is 6.35. The summed E-state index contributed by atoms with van der Waals surface area (Å²) in [6, 6.07) is 11.6. The van der Waals surface area contributed by atoms with Gasteiger partial charge in [-0.1, -0.05) is 24.3 Å². The number of H-pyrrole nitrogens is 3. The molecule has 0 bridgehead atoms. The van der Waals surface area contributed by atoms with E-state index in [9.17, 15) is 9.59 Å². The summed E-state index contributed by atoms with van der Waals surface area (Å²) < 4.78 is 0. The van der Waals surface area contributed by atoms with Crippen LogP contribution in [0.4, 0.5) is 5.82 Å². The number of hydrogen-bond donors (Lipinski definition) is 4. The Balaban J connectivity index is 1.42. The van der Waals surface area contributed by atoms with Crippen molar-refractivity contribution in [3.8, 4) is 0 Å². The topological polar surface area (TPSA) is 119 Å². The molecule has 0 aliphatic carbocycles. The molecule has 1 amide bonds. The highest BCUT2D eigenvalue weighted by molar-refractivity contribution is 6.03. The maximum Gasteiger partial charge on any atom is 0.323 e. The third-order valence-corrected chi connectivity index (χ3v) is 4.43. The van der Waals surface area contributed by atoms with Gasteiger partial charge in [-0.3, -0.25) is 9.89 Å². The highest BCUT2D eigenvalue weighted by Crippen LogP contribution is 2.14. The Hall–Kier alpha value is -3.68. The minimum Gasteiger partial charge on any atom is -0.306 e. The Morgan fingerprint density at radius 1 is 1.11 bits per heavy atom. The summed E-state index contributed by atoms with van der Waals surface area (Å²) in [6.07, 6.45) is 3.13. The van der Waals surface area contributed by atoms with Crippen LogP contribution in [0.3, 0.4) is 0 Å². The van der Waals surface area contributed by atoms with Crippen LogP contribution >= 0.6 is 0 Å². The quantitative estimate of drug-likeness (QED) is 0.435. The summed E-state index contributed by atoms with van der Waals surface area (Å²) in [4.78, 5) is 32.9. The molecule has 136 valence electrons. The van der Waals surface area contributed by atoms with Crippen LogP contribution in [0.2, 0.25) is 0 Å². The molecule has 0 radical (unpaired) electrons. The third-order valence-electron chi connectivity index (χ3n) is 4.43. The van der Waals surface area contributed by atoms with Crippen LogP contribution in [0.1, 0.15) is 27.3 Å². The first kappa shape index (κ1) is 16.8. The molecule has 1 aromatic carbocycles. The van der Waals surface area contributed by atoms with Crippen LogP contribution in [0.15, 0.2) is 47.4 Å². The molecule has 0 unspecified atom stereocenters. The van der Waals surface area contributed by atoms with Crippen molar-refractivity contribution in [3.05, 3.63) is 75.6 Å². The normalized spacial score (nSPS) is 11.0. The van der Waals surface area contributed by atoms with E-state index in [0.29, 0.717) is 16.9 Å². The minimum atomic E-state index is -0.393. The summed E-state index contributed by atoms with van der Waals surface area (Å²) >= 11 is 0. The van der Waals surface area contributed by atoms with Crippen LogP contribution in [0.5, 0.6) is 0 Å². The van der Waals surface area contributed by atoms with Crippen LogP contribution in [-0.2, 0) is 12.8 Å². The van der Waals surface area contributed by atoms with Gasteiger partial charge in [0.25, 0.3) is 5.91 Å². The van der Waals surface area contributed by atoms with Crippen molar-refractivity contribution in [1.82, 2.24) is 25.1 Å². The average Bonchev–Trinajstić information content (AvgIpc) is 3.25. The van der Waals surface area contributed by atoms with E-state index in [1.165, 1.54) is 23.4 Å². The number of aromatic nitrogens is 5. The maximum atomic E-state index is 12.4. The number of nitrogens with zero attached hydrogens (tertiary/aromatic N) is 2. The van der Waals surface area contributed by atoms with Crippen LogP contribution in [0, 0.1) is 6.92 Å². The number of carbonyl (C=O) groups is 1. The van der Waals surface area contributed by atoms with Crippen LogP contribution < -0.4 is 11.0 Å². The second kappa shape index (κ2) is 6.91. The Labute approximate surface area is 154 Å². The van der Waals surface area contributed by atoms with Gasteiger partial charge in [-0.05, 0) is 37.0 Å². The van der Waals surface area contributed by atoms with Gasteiger partial charge in [0.15, 0.2) is 5.82 Å². The lowest BCUT2D eigenvalue weighted by Gasteiger charge is -2.03. The fraction of sp³-hybridized carbons (Fsp3) is 0.158. The van der Waals surface area contributed by atoms with Crippen molar-refractivity contribution in [2.75, 3.05) is 5.32 Å². The Morgan fingerprint density at radius 3 is 2.78 bits per heavy atom. The lowest BCUT2D eigenvalue weighted by Crippen LogP contribution is -2.13. The number of aryl methyl sites for hydroxylation is 3. The van der Waals surface area contributed by atoms with E-state index >= 15 is 0 Å². The van der Waals surface area contributed by atoms with Crippen LogP contribution in [-0.4, -0.2) is 31.1 Å². The Morgan fingerprint density at radius 2 is 1.93 bits per heavy atom. The van der Waals surface area contributed by atoms with Crippen molar-refractivity contribution < 1.29 is 4.79 Å². The standard InChI is InChI=1S/C19H18N6O2/c1-11-4-2-3-5-12(11)6-7-13-8-17(25-24-13)23-18(26)15-9-14-16(10-20-15)22-19(27)21-14/h2-5,8-10H,6-7H2,1H3,(H2,21,22,27)(H2,23,24,25,26). The summed E-state index contributed by atoms with van der Waals surface area (Å²) in [7, 11) is 0. The number of hydrogen-bond acceptors (Lipinski definition) is 4. The second-order valence-electron chi connectivity index (χ2n) is 6.35. The first-order valence-corrected chi connectivity index (χ1v) is 8.57. The van der Waals surface area contributed by atoms with E-state index in [-0.39, 0.29) is 11.4 Å². The molecule has 4 N–H and O–H groups in total. The number of carbonyl (C=O) groups excluding carboxylic acids is 1. The maximum absolute atomic E-state index is 12.4. The molecule has 8 heteroatoms. The molecule has 4 rings (SSSR count). The molecule has 4 aromatic rings. The number of benzene rings is 1. The molecule has 0 saturated heterocycles. The van der Waals surface area contributed by atoms with Gasteiger partial charge in [0.2, 0.25) is 0 Å². The molecule has 3 heterocycles. The van der Waals surface area contributed by atoms with E-state index in [2.05, 4.69) is 49.5 Å². The highest BCUT2D eigenvalue weighted by atomic mass is 16.2. The predicted octanol–water partition coefficient (Wildman–Crippen LogP) is 2.32. The number of anilines is 1. The van der Waals surface area contributed by atoms with E-state index < -0.39 is 5.91 Å². The molecule has 0 atom stereocenters. The van der Waals surface area contributed by atoms with Crippen molar-refractivity contribution in [2.45, 2.75) is 19.8 Å². The van der Waals surface area contributed by atoms with E-state index in [1.54, 1.807) is 0 Å². The fourth-order valence-corrected chi connectivity index (χ4v) is 2.95. The molecular weight excluding hydrogens is 344 g/mol. The fourth-order valence-electron chi connectivity index (χ4n) is 2.95. The van der Waals surface area contributed by atoms with Gasteiger partial charge in [-0.15, -0.1) is 0 Å². The van der Waals surface area contributed by atoms with Crippen LogP contribution in [0.25, 0.3) is 11.0 Å². The number of amides is 1. The van der Waals surface area contributed by atoms with Gasteiger partial charge in [-0.25, -0.2) is 9.78 Å². The number of imidazole rings is 1. The van der Waals surface area contributed by atoms with Gasteiger partial charge in [-0.2, -0.15) is 5.10 Å². The zero-order chi connectivity index (χ0) is 18.8. The lowest BCUT2D eigenvalue weighted by molar-refractivity contribution is 0.102. The molecule has 27 heavy (non-hydrogen) atoms. The number of nitrogens with one attached hydrogen (secondary N) is 4. The molecule has 8 nitrogen and oxygen atoms in total. The molecule has 3 aromatic heterocycles. The summed E-state index contributed by atoms with van der Waals surface area (Å²) in [6.45, 7) is 2.09. The van der Waals surface area contributed by atoms with Gasteiger partial charge in [0.05, 0.1) is 17.2 Å². The van der Waals surface area contributed by atoms with Gasteiger partial charge >= 0.3 is 5.69 Å².